The molecule has 0 aromatic heterocycles. The topological polar surface area (TPSA) is 47.6 Å². The minimum Gasteiger partial charge on any atom is -0.381 e. The Morgan fingerprint density at radius 1 is 1.48 bits per heavy atom. The largest absolute Gasteiger partial charge is 0.381 e. The minimum atomic E-state index is -0.178. The van der Waals surface area contributed by atoms with Gasteiger partial charge in [-0.15, -0.1) is 0 Å². The van der Waals surface area contributed by atoms with Gasteiger partial charge in [-0.1, -0.05) is 23.7 Å². The van der Waals surface area contributed by atoms with Crippen LogP contribution in [-0.2, 0) is 14.3 Å². The first-order valence-corrected chi connectivity index (χ1v) is 7.69. The van der Waals surface area contributed by atoms with Gasteiger partial charge < -0.3 is 14.8 Å². The van der Waals surface area contributed by atoms with Crippen molar-refractivity contribution < 1.29 is 14.3 Å². The number of nitrogens with one attached hydrogen (secondary N) is 1. The first-order valence-electron chi connectivity index (χ1n) is 7.31. The zero-order valence-corrected chi connectivity index (χ0v) is 13.1. The minimum absolute atomic E-state index is 0.0750. The molecule has 1 aliphatic rings. The lowest BCUT2D eigenvalue weighted by Gasteiger charge is -2.22. The fourth-order valence-corrected chi connectivity index (χ4v) is 2.73. The second-order valence-corrected chi connectivity index (χ2v) is 5.78. The molecule has 1 heterocycles. The molecule has 1 N–H and O–H groups in total. The van der Waals surface area contributed by atoms with E-state index in [1.807, 2.05) is 24.3 Å². The molecular weight excluding hydrogens is 290 g/mol. The molecule has 5 heteroatoms. The number of methoxy groups -OCH3 is 1. The van der Waals surface area contributed by atoms with Crippen molar-refractivity contribution in [1.29, 1.82) is 0 Å². The van der Waals surface area contributed by atoms with Gasteiger partial charge >= 0.3 is 0 Å². The van der Waals surface area contributed by atoms with Crippen molar-refractivity contribution in [2.45, 2.75) is 25.4 Å². The van der Waals surface area contributed by atoms with Gasteiger partial charge in [-0.25, -0.2) is 0 Å². The summed E-state index contributed by atoms with van der Waals surface area (Å²) in [4.78, 5) is 12.0. The third kappa shape index (κ3) is 5.30. The molecule has 0 bridgehead atoms. The van der Waals surface area contributed by atoms with Crippen molar-refractivity contribution in [3.63, 3.8) is 0 Å². The van der Waals surface area contributed by atoms with Crippen molar-refractivity contribution in [2.24, 2.45) is 5.92 Å². The smallest absolute Gasteiger partial charge is 0.220 e. The molecule has 21 heavy (non-hydrogen) atoms. The van der Waals surface area contributed by atoms with E-state index in [1.165, 1.54) is 0 Å². The number of carbonyl (C=O) groups excluding carboxylic acids is 1. The summed E-state index contributed by atoms with van der Waals surface area (Å²) in [6, 6.07) is 7.51. The number of hydrogen-bond donors (Lipinski definition) is 1. The summed E-state index contributed by atoms with van der Waals surface area (Å²) < 4.78 is 10.7. The van der Waals surface area contributed by atoms with Gasteiger partial charge in [-0.3, -0.25) is 4.79 Å². The number of halogens is 1. The molecule has 0 spiro atoms. The predicted molar refractivity (Wildman–Crippen MR) is 82.4 cm³/mol. The Kier molecular flexibility index (Phi) is 6.49. The highest BCUT2D eigenvalue weighted by Gasteiger charge is 2.18. The Bertz CT molecular complexity index is 461. The molecule has 1 amide bonds. The van der Waals surface area contributed by atoms with Crippen molar-refractivity contribution in [1.82, 2.24) is 5.32 Å². The maximum atomic E-state index is 12.0. The molecule has 1 unspecified atom stereocenters. The summed E-state index contributed by atoms with van der Waals surface area (Å²) in [6.45, 7) is 1.99. The third-order valence-corrected chi connectivity index (χ3v) is 4.04. The zero-order valence-electron chi connectivity index (χ0n) is 12.3. The van der Waals surface area contributed by atoms with Crippen LogP contribution in [0.1, 0.15) is 30.9 Å². The average molecular weight is 312 g/mol. The lowest BCUT2D eigenvalue weighted by atomic mass is 9.96. The maximum Gasteiger partial charge on any atom is 0.220 e. The van der Waals surface area contributed by atoms with Crippen LogP contribution in [0.4, 0.5) is 0 Å². The van der Waals surface area contributed by atoms with Gasteiger partial charge in [0, 0.05) is 38.3 Å². The van der Waals surface area contributed by atoms with E-state index in [4.69, 9.17) is 21.1 Å². The molecule has 1 fully saturated rings. The van der Waals surface area contributed by atoms with Gasteiger partial charge in [0.15, 0.2) is 0 Å². The van der Waals surface area contributed by atoms with Crippen LogP contribution in [0.2, 0.25) is 5.02 Å². The Balaban J connectivity index is 1.80. The van der Waals surface area contributed by atoms with Crippen LogP contribution < -0.4 is 5.32 Å². The number of hydrogen-bond acceptors (Lipinski definition) is 3. The Morgan fingerprint density at radius 2 is 2.24 bits per heavy atom. The molecule has 1 aromatic carbocycles. The first-order chi connectivity index (χ1) is 10.2. The quantitative estimate of drug-likeness (QED) is 0.878. The second-order valence-electron chi connectivity index (χ2n) is 5.34. The van der Waals surface area contributed by atoms with Crippen LogP contribution in [0.25, 0.3) is 0 Å². The van der Waals surface area contributed by atoms with Gasteiger partial charge in [0.2, 0.25) is 5.91 Å². The second kappa shape index (κ2) is 8.37. The molecule has 4 nitrogen and oxygen atoms in total. The summed E-state index contributed by atoms with van der Waals surface area (Å²) in [7, 11) is 1.64. The van der Waals surface area contributed by atoms with Crippen LogP contribution in [0.5, 0.6) is 0 Å². The van der Waals surface area contributed by atoms with E-state index in [2.05, 4.69) is 5.32 Å². The van der Waals surface area contributed by atoms with Crippen LogP contribution in [0.15, 0.2) is 24.3 Å². The average Bonchev–Trinajstić information content (AvgIpc) is 2.49. The normalized spacial score (nSPS) is 17.4. The van der Waals surface area contributed by atoms with E-state index in [1.54, 1.807) is 7.11 Å². The fraction of sp³-hybridized carbons (Fsp3) is 0.562. The number of carbonyl (C=O) groups is 1. The standard InChI is InChI=1S/C16H22ClNO3/c1-20-15(13-3-2-4-14(17)10-13)11-18-16(19)9-12-5-7-21-8-6-12/h2-4,10,12,15H,5-9,11H2,1H3,(H,18,19). The first kappa shape index (κ1) is 16.3. The Hall–Kier alpha value is -1.10. The van der Waals surface area contributed by atoms with E-state index >= 15 is 0 Å². The van der Waals surface area contributed by atoms with Crippen molar-refractivity contribution >= 4 is 17.5 Å². The third-order valence-electron chi connectivity index (χ3n) is 3.80. The molecule has 1 saturated heterocycles. The molecule has 1 atom stereocenters. The molecular formula is C16H22ClNO3. The Labute approximate surface area is 130 Å². The van der Waals surface area contributed by atoms with Crippen LogP contribution in [0.3, 0.4) is 0 Å². The number of amides is 1. The Morgan fingerprint density at radius 3 is 2.90 bits per heavy atom. The molecule has 2 rings (SSSR count). The molecule has 1 aromatic rings. The van der Waals surface area contributed by atoms with Gasteiger partial charge in [-0.05, 0) is 36.5 Å². The van der Waals surface area contributed by atoms with Gasteiger partial charge in [0.05, 0.1) is 6.10 Å². The zero-order chi connectivity index (χ0) is 15.1. The molecule has 0 saturated carbocycles. The summed E-state index contributed by atoms with van der Waals surface area (Å²) in [5.74, 6) is 0.511. The molecule has 1 aliphatic heterocycles. The lowest BCUT2D eigenvalue weighted by Crippen LogP contribution is -2.31. The number of rotatable bonds is 6. The summed E-state index contributed by atoms with van der Waals surface area (Å²) in [5, 5.41) is 3.62. The monoisotopic (exact) mass is 311 g/mol. The van der Waals surface area contributed by atoms with Crippen molar-refractivity contribution in [3.05, 3.63) is 34.9 Å². The predicted octanol–water partition coefficient (Wildman–Crippen LogP) is 2.96. The molecule has 0 radical (unpaired) electrons. The highest BCUT2D eigenvalue weighted by Crippen LogP contribution is 2.21. The van der Waals surface area contributed by atoms with Gasteiger partial charge in [0.1, 0.15) is 0 Å². The summed E-state index contributed by atoms with van der Waals surface area (Å²) >= 11 is 5.98. The highest BCUT2D eigenvalue weighted by molar-refractivity contribution is 6.30. The van der Waals surface area contributed by atoms with Crippen molar-refractivity contribution in [2.75, 3.05) is 26.9 Å². The number of ether oxygens (including phenoxy) is 2. The molecule has 0 aliphatic carbocycles. The maximum absolute atomic E-state index is 12.0. The number of benzene rings is 1. The fourth-order valence-electron chi connectivity index (χ4n) is 2.54. The molecule has 116 valence electrons. The summed E-state index contributed by atoms with van der Waals surface area (Å²) in [6.07, 6.45) is 2.32. The van der Waals surface area contributed by atoms with E-state index in [9.17, 15) is 4.79 Å². The van der Waals surface area contributed by atoms with Crippen LogP contribution >= 0.6 is 11.6 Å². The van der Waals surface area contributed by atoms with Gasteiger partial charge in [0.25, 0.3) is 0 Å². The van der Waals surface area contributed by atoms with E-state index < -0.39 is 0 Å². The van der Waals surface area contributed by atoms with E-state index in [-0.39, 0.29) is 12.0 Å². The van der Waals surface area contributed by atoms with Crippen LogP contribution in [-0.4, -0.2) is 32.8 Å². The summed E-state index contributed by atoms with van der Waals surface area (Å²) in [5.41, 5.74) is 0.969. The SMILES string of the molecule is COC(CNC(=O)CC1CCOCC1)c1cccc(Cl)c1. The van der Waals surface area contributed by atoms with Crippen LogP contribution in [0, 0.1) is 5.92 Å². The highest BCUT2D eigenvalue weighted by atomic mass is 35.5. The van der Waals surface area contributed by atoms with E-state index in [0.717, 1.165) is 31.6 Å². The van der Waals surface area contributed by atoms with E-state index in [0.29, 0.717) is 23.9 Å². The van der Waals surface area contributed by atoms with Gasteiger partial charge in [-0.2, -0.15) is 0 Å². The van der Waals surface area contributed by atoms with Crippen molar-refractivity contribution in [3.8, 4) is 0 Å². The lowest BCUT2D eigenvalue weighted by molar-refractivity contribution is -0.123.